The van der Waals surface area contributed by atoms with Crippen LogP contribution in [0.1, 0.15) is 0 Å². The van der Waals surface area contributed by atoms with Gasteiger partial charge in [0, 0.05) is 0 Å². The fraction of sp³-hybridized carbons (Fsp3) is 0.222. The van der Waals surface area contributed by atoms with E-state index in [1.54, 1.807) is 13.5 Å². The molecule has 0 unspecified atom stereocenters. The zero-order valence-electron chi connectivity index (χ0n) is 7.07. The highest BCUT2D eigenvalue weighted by Crippen LogP contribution is 2.21. The minimum Gasteiger partial charge on any atom is -0.490 e. The van der Waals surface area contributed by atoms with Crippen molar-refractivity contribution in [1.82, 2.24) is 0 Å². The third-order valence-corrected chi connectivity index (χ3v) is 1.87. The number of aromatic nitrogens is 1. The highest BCUT2D eigenvalue weighted by Gasteiger charge is 2.14. The first-order valence-electron chi connectivity index (χ1n) is 3.73. The molecule has 62 valence electrons. The molecule has 0 bridgehead atoms. The summed E-state index contributed by atoms with van der Waals surface area (Å²) in [6, 6.07) is 5.74. The van der Waals surface area contributed by atoms with Gasteiger partial charge in [-0.3, -0.25) is 0 Å². The molecule has 1 heterocycles. The van der Waals surface area contributed by atoms with E-state index in [1.165, 1.54) is 0 Å². The number of rotatable bonds is 1. The lowest BCUT2D eigenvalue weighted by molar-refractivity contribution is -0.650. The molecule has 0 saturated heterocycles. The number of oxazole rings is 1. The summed E-state index contributed by atoms with van der Waals surface area (Å²) in [7, 11) is 3.58. The Kier molecular flexibility index (Phi) is 1.50. The lowest BCUT2D eigenvalue weighted by atomic mass is 10.3. The number of para-hydroxylation sites is 1. The lowest BCUT2D eigenvalue weighted by Crippen LogP contribution is -2.24. The molecule has 0 N–H and O–H groups in total. The predicted molar refractivity (Wildman–Crippen MR) is 43.9 cm³/mol. The molecule has 0 atom stereocenters. The number of aryl methyl sites for hydroxylation is 1. The fourth-order valence-electron chi connectivity index (χ4n) is 1.30. The minimum absolute atomic E-state index is 0.837. The second kappa shape index (κ2) is 2.52. The van der Waals surface area contributed by atoms with Crippen molar-refractivity contribution in [3.63, 3.8) is 0 Å². The van der Waals surface area contributed by atoms with Crippen LogP contribution in [-0.4, -0.2) is 7.11 Å². The summed E-state index contributed by atoms with van der Waals surface area (Å²) in [6.07, 6.45) is 1.66. The van der Waals surface area contributed by atoms with E-state index in [4.69, 9.17) is 9.15 Å². The molecule has 2 aromatic rings. The Labute approximate surface area is 70.2 Å². The first-order chi connectivity index (χ1) is 5.83. The molecule has 0 fully saturated rings. The van der Waals surface area contributed by atoms with Crippen LogP contribution in [-0.2, 0) is 7.05 Å². The summed E-state index contributed by atoms with van der Waals surface area (Å²) in [5, 5.41) is 0. The van der Waals surface area contributed by atoms with Gasteiger partial charge in [0.2, 0.25) is 5.58 Å². The third kappa shape index (κ3) is 0.863. The van der Waals surface area contributed by atoms with E-state index in [1.807, 2.05) is 29.8 Å². The summed E-state index contributed by atoms with van der Waals surface area (Å²) in [4.78, 5) is 0. The van der Waals surface area contributed by atoms with Crippen LogP contribution >= 0.6 is 0 Å². The van der Waals surface area contributed by atoms with Gasteiger partial charge in [0.05, 0.1) is 7.11 Å². The second-order valence-corrected chi connectivity index (χ2v) is 2.64. The van der Waals surface area contributed by atoms with Gasteiger partial charge in [-0.1, -0.05) is 6.07 Å². The zero-order chi connectivity index (χ0) is 8.55. The number of nitrogens with zero attached hydrogens (tertiary/aromatic N) is 1. The van der Waals surface area contributed by atoms with E-state index in [2.05, 4.69) is 0 Å². The van der Waals surface area contributed by atoms with E-state index in [-0.39, 0.29) is 0 Å². The molecule has 0 aliphatic carbocycles. The Morgan fingerprint density at radius 1 is 1.42 bits per heavy atom. The number of hydrogen-bond acceptors (Lipinski definition) is 2. The molecule has 0 amide bonds. The maximum absolute atomic E-state index is 5.27. The Bertz CT molecular complexity index is 406. The van der Waals surface area contributed by atoms with Crippen LogP contribution in [0, 0.1) is 0 Å². The Morgan fingerprint density at radius 2 is 2.25 bits per heavy atom. The van der Waals surface area contributed by atoms with Crippen molar-refractivity contribution < 1.29 is 13.7 Å². The summed E-state index contributed by atoms with van der Waals surface area (Å²) in [6.45, 7) is 0. The van der Waals surface area contributed by atoms with E-state index in [9.17, 15) is 0 Å². The first kappa shape index (κ1) is 7.16. The first-order valence-corrected chi connectivity index (χ1v) is 3.73. The topological polar surface area (TPSA) is 26.2 Å². The molecule has 3 heteroatoms. The molecule has 1 aromatic carbocycles. The normalized spacial score (nSPS) is 10.5. The van der Waals surface area contributed by atoms with Gasteiger partial charge in [0.1, 0.15) is 7.05 Å². The number of benzene rings is 1. The number of hydrogen-bond donors (Lipinski definition) is 0. The van der Waals surface area contributed by atoms with Gasteiger partial charge in [-0.05, 0) is 12.1 Å². The van der Waals surface area contributed by atoms with Crippen LogP contribution in [0.2, 0.25) is 0 Å². The van der Waals surface area contributed by atoms with Gasteiger partial charge in [-0.25, -0.2) is 0 Å². The van der Waals surface area contributed by atoms with Crippen molar-refractivity contribution in [1.29, 1.82) is 0 Å². The minimum atomic E-state index is 0.837. The van der Waals surface area contributed by atoms with Crippen molar-refractivity contribution in [2.45, 2.75) is 0 Å². The van der Waals surface area contributed by atoms with Gasteiger partial charge in [0.25, 0.3) is 5.52 Å². The summed E-state index contributed by atoms with van der Waals surface area (Å²) >= 11 is 0. The number of ether oxygens (including phenoxy) is 1. The Morgan fingerprint density at radius 3 is 3.00 bits per heavy atom. The smallest absolute Gasteiger partial charge is 0.335 e. The molecular weight excluding hydrogens is 154 g/mol. The molecule has 3 nitrogen and oxygen atoms in total. The SMILES string of the molecule is COc1cccc2oc[n+](C)c12. The third-order valence-electron chi connectivity index (χ3n) is 1.87. The monoisotopic (exact) mass is 164 g/mol. The van der Waals surface area contributed by atoms with Gasteiger partial charge < -0.3 is 9.15 Å². The van der Waals surface area contributed by atoms with E-state index in [0.29, 0.717) is 0 Å². The van der Waals surface area contributed by atoms with Crippen LogP contribution in [0.5, 0.6) is 5.75 Å². The van der Waals surface area contributed by atoms with Crippen molar-refractivity contribution in [3.05, 3.63) is 24.6 Å². The summed E-state index contributed by atoms with van der Waals surface area (Å²) in [5.74, 6) is 0.837. The molecule has 0 saturated carbocycles. The average molecular weight is 164 g/mol. The van der Waals surface area contributed by atoms with Crippen molar-refractivity contribution in [2.24, 2.45) is 7.05 Å². The van der Waals surface area contributed by atoms with Crippen LogP contribution in [0.15, 0.2) is 29.0 Å². The molecule has 12 heavy (non-hydrogen) atoms. The molecule has 1 aromatic heterocycles. The fourth-order valence-corrected chi connectivity index (χ4v) is 1.30. The summed E-state index contributed by atoms with van der Waals surface area (Å²) < 4.78 is 12.4. The highest BCUT2D eigenvalue weighted by molar-refractivity contribution is 5.75. The van der Waals surface area contributed by atoms with Gasteiger partial charge in [0.15, 0.2) is 5.75 Å². The van der Waals surface area contributed by atoms with E-state index in [0.717, 1.165) is 16.8 Å². The van der Waals surface area contributed by atoms with E-state index < -0.39 is 0 Å². The zero-order valence-corrected chi connectivity index (χ0v) is 7.07. The van der Waals surface area contributed by atoms with Crippen LogP contribution < -0.4 is 9.30 Å². The average Bonchev–Trinajstić information content (AvgIpc) is 2.48. The largest absolute Gasteiger partial charge is 0.490 e. The van der Waals surface area contributed by atoms with Gasteiger partial charge in [-0.15, -0.1) is 0 Å². The quantitative estimate of drug-likeness (QED) is 0.593. The lowest BCUT2D eigenvalue weighted by Gasteiger charge is -1.95. The van der Waals surface area contributed by atoms with Crippen LogP contribution in [0.25, 0.3) is 11.1 Å². The summed E-state index contributed by atoms with van der Waals surface area (Å²) in [5.41, 5.74) is 1.83. The van der Waals surface area contributed by atoms with Crippen molar-refractivity contribution >= 4 is 11.1 Å². The maximum Gasteiger partial charge on any atom is 0.335 e. The second-order valence-electron chi connectivity index (χ2n) is 2.64. The molecule has 0 spiro atoms. The molecular formula is C9H10NO2+. The van der Waals surface area contributed by atoms with Gasteiger partial charge in [-0.2, -0.15) is 4.57 Å². The van der Waals surface area contributed by atoms with Crippen molar-refractivity contribution in [2.75, 3.05) is 7.11 Å². The highest BCUT2D eigenvalue weighted by atomic mass is 16.5. The Hall–Kier alpha value is -1.51. The molecule has 0 radical (unpaired) electrons. The van der Waals surface area contributed by atoms with E-state index >= 15 is 0 Å². The van der Waals surface area contributed by atoms with Crippen LogP contribution in [0.3, 0.4) is 0 Å². The number of methoxy groups -OCH3 is 1. The number of fused-ring (bicyclic) bond motifs is 1. The molecule has 0 aliphatic rings. The van der Waals surface area contributed by atoms with Crippen molar-refractivity contribution in [3.8, 4) is 5.75 Å². The standard InChI is InChI=1S/C9H10NO2/c1-10-6-12-8-5-3-4-7(11-2)9(8)10/h3-6H,1-2H3/q+1. The molecule has 0 aliphatic heterocycles. The molecule has 2 rings (SSSR count). The predicted octanol–water partition coefficient (Wildman–Crippen LogP) is 1.27. The van der Waals surface area contributed by atoms with Crippen LogP contribution in [0.4, 0.5) is 0 Å². The maximum atomic E-state index is 5.27. The van der Waals surface area contributed by atoms with Gasteiger partial charge >= 0.3 is 6.39 Å². The Balaban J connectivity index is 2.84.